The Morgan fingerprint density at radius 2 is 1.84 bits per heavy atom. The first kappa shape index (κ1) is 13.1. The predicted molar refractivity (Wildman–Crippen MR) is 60.9 cm³/mol. The Hall–Kier alpha value is -2.37. The van der Waals surface area contributed by atoms with Crippen LogP contribution in [0.15, 0.2) is 30.3 Å². The quantitative estimate of drug-likeness (QED) is 0.930. The van der Waals surface area contributed by atoms with Gasteiger partial charge in [-0.05, 0) is 24.3 Å². The van der Waals surface area contributed by atoms with Crippen LogP contribution >= 0.6 is 0 Å². The van der Waals surface area contributed by atoms with Crippen molar-refractivity contribution in [3.05, 3.63) is 53.5 Å². The van der Waals surface area contributed by atoms with Crippen LogP contribution in [0.4, 0.5) is 13.2 Å². The second-order valence-electron chi connectivity index (χ2n) is 3.80. The molecule has 19 heavy (non-hydrogen) atoms. The molecule has 0 saturated carbocycles. The fourth-order valence-electron chi connectivity index (χ4n) is 1.60. The molecule has 0 atom stereocenters. The number of benzene rings is 1. The molecule has 0 amide bonds. The second-order valence-corrected chi connectivity index (χ2v) is 3.80. The number of hydrogen-bond donors (Lipinski definition) is 1. The third kappa shape index (κ3) is 2.73. The minimum absolute atomic E-state index is 0.0188. The van der Waals surface area contributed by atoms with Gasteiger partial charge in [0.2, 0.25) is 0 Å². The molecule has 0 unspecified atom stereocenters. The van der Waals surface area contributed by atoms with E-state index < -0.39 is 29.8 Å². The number of aromatic nitrogens is 1. The Morgan fingerprint density at radius 3 is 2.53 bits per heavy atom. The molecule has 0 aliphatic rings. The first-order chi connectivity index (χ1) is 8.99. The molecule has 1 heterocycles. The van der Waals surface area contributed by atoms with Gasteiger partial charge >= 0.3 is 5.97 Å². The first-order valence-electron chi connectivity index (χ1n) is 5.30. The highest BCUT2D eigenvalue weighted by atomic mass is 19.2. The summed E-state index contributed by atoms with van der Waals surface area (Å²) in [6.07, 6.45) is -0.628. The van der Waals surface area contributed by atoms with Crippen LogP contribution in [0.1, 0.15) is 5.69 Å². The van der Waals surface area contributed by atoms with Crippen molar-refractivity contribution in [3.8, 4) is 11.3 Å². The minimum Gasteiger partial charge on any atom is -0.481 e. The molecular formula is C13H8F3NO2. The zero-order chi connectivity index (χ0) is 14.0. The van der Waals surface area contributed by atoms with Crippen molar-refractivity contribution >= 4 is 5.97 Å². The number of aliphatic carboxylic acids is 1. The van der Waals surface area contributed by atoms with Gasteiger partial charge in [0.15, 0.2) is 11.6 Å². The summed E-state index contributed by atoms with van der Waals surface area (Å²) in [5, 5.41) is 8.61. The Labute approximate surface area is 106 Å². The van der Waals surface area contributed by atoms with Gasteiger partial charge in [-0.25, -0.2) is 18.2 Å². The third-order valence-electron chi connectivity index (χ3n) is 2.46. The van der Waals surface area contributed by atoms with E-state index in [0.29, 0.717) is 0 Å². The van der Waals surface area contributed by atoms with Crippen LogP contribution in [0.2, 0.25) is 0 Å². The van der Waals surface area contributed by atoms with Crippen molar-refractivity contribution in [2.75, 3.05) is 0 Å². The summed E-state index contributed by atoms with van der Waals surface area (Å²) in [4.78, 5) is 14.3. The van der Waals surface area contributed by atoms with Crippen LogP contribution in [0.25, 0.3) is 11.3 Å². The van der Waals surface area contributed by atoms with E-state index in [9.17, 15) is 18.0 Å². The smallest absolute Gasteiger partial charge is 0.309 e. The van der Waals surface area contributed by atoms with Crippen molar-refractivity contribution in [2.24, 2.45) is 0 Å². The lowest BCUT2D eigenvalue weighted by Crippen LogP contribution is -2.06. The van der Waals surface area contributed by atoms with E-state index >= 15 is 0 Å². The summed E-state index contributed by atoms with van der Waals surface area (Å²) in [6.45, 7) is 0. The van der Waals surface area contributed by atoms with Gasteiger partial charge in [-0.2, -0.15) is 0 Å². The minimum atomic E-state index is -1.26. The standard InChI is InChI=1S/C13H8F3NO2/c14-8-4-5-10(17-11(8)6-12(18)19)7-2-1-3-9(15)13(7)16/h1-5H,6H2,(H,18,19). The molecule has 2 aromatic rings. The maximum atomic E-state index is 13.6. The van der Waals surface area contributed by atoms with E-state index in [1.165, 1.54) is 18.2 Å². The maximum Gasteiger partial charge on any atom is 0.309 e. The van der Waals surface area contributed by atoms with Gasteiger partial charge in [0.05, 0.1) is 17.8 Å². The van der Waals surface area contributed by atoms with Crippen LogP contribution in [0.3, 0.4) is 0 Å². The van der Waals surface area contributed by atoms with Crippen molar-refractivity contribution in [1.82, 2.24) is 4.98 Å². The van der Waals surface area contributed by atoms with Gasteiger partial charge in [-0.1, -0.05) is 6.07 Å². The summed E-state index contributed by atoms with van der Waals surface area (Å²) in [5.41, 5.74) is -0.491. The molecule has 0 saturated heterocycles. The van der Waals surface area contributed by atoms with E-state index in [1.54, 1.807) is 0 Å². The van der Waals surface area contributed by atoms with Crippen LogP contribution in [-0.4, -0.2) is 16.1 Å². The van der Waals surface area contributed by atoms with Gasteiger partial charge in [-0.15, -0.1) is 0 Å². The number of rotatable bonds is 3. The van der Waals surface area contributed by atoms with Crippen molar-refractivity contribution < 1.29 is 23.1 Å². The number of pyridine rings is 1. The molecule has 0 fully saturated rings. The van der Waals surface area contributed by atoms with Gasteiger partial charge in [0.1, 0.15) is 5.82 Å². The number of carboxylic acid groups (broad SMARTS) is 1. The van der Waals surface area contributed by atoms with Crippen LogP contribution < -0.4 is 0 Å². The molecule has 0 aliphatic carbocycles. The molecule has 2 rings (SSSR count). The monoisotopic (exact) mass is 267 g/mol. The Balaban J connectivity index is 2.51. The summed E-state index contributed by atoms with van der Waals surface area (Å²) in [5.74, 6) is -4.22. The van der Waals surface area contributed by atoms with E-state index in [-0.39, 0.29) is 17.0 Å². The molecule has 0 radical (unpaired) electrons. The Morgan fingerprint density at radius 1 is 1.11 bits per heavy atom. The lowest BCUT2D eigenvalue weighted by Gasteiger charge is -2.06. The molecule has 1 aromatic heterocycles. The van der Waals surface area contributed by atoms with E-state index in [2.05, 4.69) is 4.98 Å². The SMILES string of the molecule is O=C(O)Cc1nc(-c2cccc(F)c2F)ccc1F. The first-order valence-corrected chi connectivity index (χ1v) is 5.30. The molecular weight excluding hydrogens is 259 g/mol. The molecule has 0 aliphatic heterocycles. The molecule has 0 bridgehead atoms. The summed E-state index contributed by atoms with van der Waals surface area (Å²) in [6, 6.07) is 5.66. The summed E-state index contributed by atoms with van der Waals surface area (Å²) < 4.78 is 40.0. The van der Waals surface area contributed by atoms with Crippen molar-refractivity contribution in [3.63, 3.8) is 0 Å². The molecule has 1 aromatic carbocycles. The number of carboxylic acids is 1. The van der Waals surface area contributed by atoms with E-state index in [4.69, 9.17) is 5.11 Å². The predicted octanol–water partition coefficient (Wildman–Crippen LogP) is 2.79. The van der Waals surface area contributed by atoms with Gasteiger partial charge in [-0.3, -0.25) is 4.79 Å². The molecule has 0 spiro atoms. The lowest BCUT2D eigenvalue weighted by atomic mass is 10.1. The molecule has 6 heteroatoms. The number of nitrogens with zero attached hydrogens (tertiary/aromatic N) is 1. The molecule has 98 valence electrons. The normalized spacial score (nSPS) is 10.5. The van der Waals surface area contributed by atoms with E-state index in [0.717, 1.165) is 12.1 Å². The highest BCUT2D eigenvalue weighted by Gasteiger charge is 2.14. The summed E-state index contributed by atoms with van der Waals surface area (Å²) in [7, 11) is 0. The zero-order valence-electron chi connectivity index (χ0n) is 9.53. The fraction of sp³-hybridized carbons (Fsp3) is 0.0769. The fourth-order valence-corrected chi connectivity index (χ4v) is 1.60. The van der Waals surface area contributed by atoms with Crippen LogP contribution in [0.5, 0.6) is 0 Å². The zero-order valence-corrected chi connectivity index (χ0v) is 9.53. The average Bonchev–Trinajstić information content (AvgIpc) is 2.35. The lowest BCUT2D eigenvalue weighted by molar-refractivity contribution is -0.136. The highest BCUT2D eigenvalue weighted by Crippen LogP contribution is 2.23. The summed E-state index contributed by atoms with van der Waals surface area (Å²) >= 11 is 0. The van der Waals surface area contributed by atoms with Gasteiger partial charge < -0.3 is 5.11 Å². The number of carbonyl (C=O) groups is 1. The average molecular weight is 267 g/mol. The van der Waals surface area contributed by atoms with Crippen molar-refractivity contribution in [1.29, 1.82) is 0 Å². The number of halogens is 3. The van der Waals surface area contributed by atoms with E-state index in [1.807, 2.05) is 0 Å². The largest absolute Gasteiger partial charge is 0.481 e. The molecule has 3 nitrogen and oxygen atoms in total. The van der Waals surface area contributed by atoms with Crippen LogP contribution in [-0.2, 0) is 11.2 Å². The highest BCUT2D eigenvalue weighted by molar-refractivity contribution is 5.70. The van der Waals surface area contributed by atoms with Gasteiger partial charge in [0.25, 0.3) is 0 Å². The Bertz CT molecular complexity index is 644. The van der Waals surface area contributed by atoms with Crippen LogP contribution in [0, 0.1) is 17.5 Å². The Kier molecular flexibility index (Phi) is 3.50. The number of hydrogen-bond acceptors (Lipinski definition) is 2. The maximum absolute atomic E-state index is 13.6. The van der Waals surface area contributed by atoms with Gasteiger partial charge in [0, 0.05) is 5.56 Å². The second kappa shape index (κ2) is 5.09. The van der Waals surface area contributed by atoms with Crippen molar-refractivity contribution in [2.45, 2.75) is 6.42 Å². The topological polar surface area (TPSA) is 50.2 Å². The third-order valence-corrected chi connectivity index (χ3v) is 2.46. The molecule has 1 N–H and O–H groups in total.